The van der Waals surface area contributed by atoms with Crippen LogP contribution in [0.5, 0.6) is 0 Å². The molecule has 0 atom stereocenters. The van der Waals surface area contributed by atoms with Crippen molar-refractivity contribution in [3.05, 3.63) is 76.3 Å². The number of aromatic nitrogens is 2. The van der Waals surface area contributed by atoms with E-state index >= 15 is 0 Å². The molecule has 2 aromatic carbocycles. The third-order valence-corrected chi connectivity index (χ3v) is 3.68. The van der Waals surface area contributed by atoms with E-state index < -0.39 is 24.2 Å². The number of rotatable bonds is 5. The van der Waals surface area contributed by atoms with E-state index in [1.165, 1.54) is 0 Å². The molecule has 3 aromatic rings. The first-order valence-corrected chi connectivity index (χ1v) is 8.18. The van der Waals surface area contributed by atoms with E-state index in [2.05, 4.69) is 10.3 Å². The minimum Gasteiger partial charge on any atom is -0.445 e. The quantitative estimate of drug-likeness (QED) is 0.735. The number of aryl methyl sites for hydroxylation is 1. The fourth-order valence-corrected chi connectivity index (χ4v) is 2.39. The van der Waals surface area contributed by atoms with Crippen LogP contribution in [-0.4, -0.2) is 28.3 Å². The number of nitrogens with one attached hydrogen (secondary N) is 1. The number of para-hydroxylation sites is 1. The highest BCUT2D eigenvalue weighted by Crippen LogP contribution is 2.06. The molecular weight excluding hydrogens is 350 g/mol. The van der Waals surface area contributed by atoms with Crippen LogP contribution in [0.1, 0.15) is 11.4 Å². The van der Waals surface area contributed by atoms with Gasteiger partial charge in [0.2, 0.25) is 0 Å². The van der Waals surface area contributed by atoms with Crippen LogP contribution in [0.3, 0.4) is 0 Å². The first-order chi connectivity index (χ1) is 13.0. The highest BCUT2D eigenvalue weighted by atomic mass is 16.7. The third kappa shape index (κ3) is 4.49. The van der Waals surface area contributed by atoms with Crippen LogP contribution in [0.2, 0.25) is 0 Å². The molecule has 1 amide bonds. The summed E-state index contributed by atoms with van der Waals surface area (Å²) in [5, 5.41) is 2.60. The predicted octanol–water partition coefficient (Wildman–Crippen LogP) is 1.59. The Kier molecular flexibility index (Phi) is 5.46. The number of carbonyl (C=O) groups excluding carboxylic acids is 2. The highest BCUT2D eigenvalue weighted by molar-refractivity contribution is 5.79. The van der Waals surface area contributed by atoms with E-state index in [1.807, 2.05) is 30.3 Å². The van der Waals surface area contributed by atoms with Gasteiger partial charge in [-0.15, -0.1) is 4.73 Å². The smallest absolute Gasteiger partial charge is 0.407 e. The highest BCUT2D eigenvalue weighted by Gasteiger charge is 2.14. The lowest BCUT2D eigenvalue weighted by molar-refractivity contribution is -0.143. The Balaban J connectivity index is 1.57. The molecule has 1 N–H and O–H groups in total. The molecule has 0 bridgehead atoms. The maximum absolute atomic E-state index is 12.4. The number of nitrogens with zero attached hydrogens (tertiary/aromatic N) is 2. The molecule has 1 heterocycles. The van der Waals surface area contributed by atoms with Crippen molar-refractivity contribution in [1.29, 1.82) is 0 Å². The van der Waals surface area contributed by atoms with Crippen LogP contribution >= 0.6 is 0 Å². The molecule has 0 spiro atoms. The summed E-state index contributed by atoms with van der Waals surface area (Å²) in [6.07, 6.45) is -0.767. The predicted molar refractivity (Wildman–Crippen MR) is 97.0 cm³/mol. The van der Waals surface area contributed by atoms with Gasteiger partial charge in [-0.25, -0.2) is 14.6 Å². The lowest BCUT2D eigenvalue weighted by atomic mass is 10.2. The van der Waals surface area contributed by atoms with Gasteiger partial charge in [-0.2, -0.15) is 0 Å². The normalized spacial score (nSPS) is 10.4. The Morgan fingerprint density at radius 1 is 1.07 bits per heavy atom. The first kappa shape index (κ1) is 18.1. The van der Waals surface area contributed by atoms with Crippen molar-refractivity contribution in [2.24, 2.45) is 0 Å². The van der Waals surface area contributed by atoms with Crippen molar-refractivity contribution in [2.75, 3.05) is 6.54 Å². The molecule has 0 saturated carbocycles. The average Bonchev–Trinajstić information content (AvgIpc) is 2.69. The van der Waals surface area contributed by atoms with Gasteiger partial charge < -0.3 is 14.9 Å². The molecule has 138 valence electrons. The summed E-state index contributed by atoms with van der Waals surface area (Å²) in [5.74, 6) is -0.604. The zero-order chi connectivity index (χ0) is 19.2. The van der Waals surface area contributed by atoms with Gasteiger partial charge in [0.25, 0.3) is 5.56 Å². The Hall–Kier alpha value is -3.68. The van der Waals surface area contributed by atoms with Gasteiger partial charge in [0.1, 0.15) is 19.0 Å². The topological polar surface area (TPSA) is 99.5 Å². The number of carbonyl (C=O) groups is 2. The molecule has 8 nitrogen and oxygen atoms in total. The second-order valence-corrected chi connectivity index (χ2v) is 5.65. The maximum Gasteiger partial charge on any atom is 0.407 e. The summed E-state index contributed by atoms with van der Waals surface area (Å²) in [6, 6.07) is 15.9. The fourth-order valence-electron chi connectivity index (χ4n) is 2.39. The molecule has 0 aliphatic rings. The lowest BCUT2D eigenvalue weighted by Gasteiger charge is -2.11. The third-order valence-electron chi connectivity index (χ3n) is 3.68. The number of alkyl carbamates (subject to hydrolysis) is 1. The van der Waals surface area contributed by atoms with Crippen LogP contribution in [-0.2, 0) is 16.1 Å². The van der Waals surface area contributed by atoms with Crippen LogP contribution in [0.25, 0.3) is 10.9 Å². The Bertz CT molecular complexity index is 1030. The average molecular weight is 367 g/mol. The van der Waals surface area contributed by atoms with Crippen LogP contribution in [0.15, 0.2) is 59.4 Å². The number of hydrogen-bond acceptors (Lipinski definition) is 6. The molecule has 0 aliphatic carbocycles. The van der Waals surface area contributed by atoms with Gasteiger partial charge in [0, 0.05) is 0 Å². The Morgan fingerprint density at radius 3 is 2.56 bits per heavy atom. The minimum absolute atomic E-state index is 0.0783. The van der Waals surface area contributed by atoms with Crippen molar-refractivity contribution < 1.29 is 19.2 Å². The fraction of sp³-hybridized carbons (Fsp3) is 0.158. The number of benzene rings is 2. The molecular formula is C19H17N3O5. The van der Waals surface area contributed by atoms with Gasteiger partial charge >= 0.3 is 12.1 Å². The molecule has 0 unspecified atom stereocenters. The second-order valence-electron chi connectivity index (χ2n) is 5.65. The van der Waals surface area contributed by atoms with Gasteiger partial charge in [-0.1, -0.05) is 42.5 Å². The summed E-state index contributed by atoms with van der Waals surface area (Å²) >= 11 is 0. The molecule has 0 aliphatic heterocycles. The molecule has 1 aromatic heterocycles. The van der Waals surface area contributed by atoms with Crippen molar-refractivity contribution in [2.45, 2.75) is 13.5 Å². The van der Waals surface area contributed by atoms with Gasteiger partial charge in [-0.3, -0.25) is 4.79 Å². The Labute approximate surface area is 154 Å². The van der Waals surface area contributed by atoms with Crippen molar-refractivity contribution in [3.8, 4) is 0 Å². The maximum atomic E-state index is 12.4. The zero-order valence-electron chi connectivity index (χ0n) is 14.5. The summed E-state index contributed by atoms with van der Waals surface area (Å²) in [7, 11) is 0. The van der Waals surface area contributed by atoms with Crippen LogP contribution in [0, 0.1) is 6.92 Å². The molecule has 0 fully saturated rings. The standard InChI is InChI=1S/C19H17N3O5/c1-13-21-16-10-6-5-9-15(16)18(24)22(13)27-17(23)11-20-19(25)26-12-14-7-3-2-4-8-14/h2-10H,11-12H2,1H3,(H,20,25). The summed E-state index contributed by atoms with van der Waals surface area (Å²) in [4.78, 5) is 45.3. The van der Waals surface area contributed by atoms with Crippen LogP contribution in [0.4, 0.5) is 4.79 Å². The summed E-state index contributed by atoms with van der Waals surface area (Å²) in [6.45, 7) is 1.17. The molecule has 3 rings (SSSR count). The van der Waals surface area contributed by atoms with Gasteiger partial charge in [-0.05, 0) is 24.6 Å². The van der Waals surface area contributed by atoms with E-state index in [9.17, 15) is 14.4 Å². The van der Waals surface area contributed by atoms with Crippen LogP contribution < -0.4 is 15.7 Å². The summed E-state index contributed by atoms with van der Waals surface area (Å²) in [5.41, 5.74) is 0.827. The lowest BCUT2D eigenvalue weighted by Crippen LogP contribution is -2.39. The minimum atomic E-state index is -0.825. The second kappa shape index (κ2) is 8.13. The van der Waals surface area contributed by atoms with E-state index in [0.717, 1.165) is 10.3 Å². The number of fused-ring (bicyclic) bond motifs is 1. The molecule has 27 heavy (non-hydrogen) atoms. The van der Waals surface area contributed by atoms with Crippen molar-refractivity contribution >= 4 is 23.0 Å². The molecule has 8 heteroatoms. The molecule has 0 radical (unpaired) electrons. The van der Waals surface area contributed by atoms with E-state index in [-0.39, 0.29) is 12.4 Å². The molecule has 0 saturated heterocycles. The SMILES string of the molecule is Cc1nc2ccccc2c(=O)n1OC(=O)CNC(=O)OCc1ccccc1. The van der Waals surface area contributed by atoms with Gasteiger partial charge in [0.15, 0.2) is 0 Å². The monoisotopic (exact) mass is 367 g/mol. The van der Waals surface area contributed by atoms with Crippen molar-refractivity contribution in [3.63, 3.8) is 0 Å². The zero-order valence-corrected chi connectivity index (χ0v) is 14.5. The van der Waals surface area contributed by atoms with Gasteiger partial charge in [0.05, 0.1) is 10.9 Å². The Morgan fingerprint density at radius 2 is 1.78 bits per heavy atom. The van der Waals surface area contributed by atoms with E-state index in [4.69, 9.17) is 9.57 Å². The largest absolute Gasteiger partial charge is 0.445 e. The first-order valence-electron chi connectivity index (χ1n) is 8.18. The number of ether oxygens (including phenoxy) is 1. The van der Waals surface area contributed by atoms with E-state index in [0.29, 0.717) is 10.9 Å². The number of amides is 1. The number of hydrogen-bond donors (Lipinski definition) is 1. The van der Waals surface area contributed by atoms with Crippen molar-refractivity contribution in [1.82, 2.24) is 15.0 Å². The van der Waals surface area contributed by atoms with E-state index in [1.54, 1.807) is 31.2 Å². The summed E-state index contributed by atoms with van der Waals surface area (Å²) < 4.78 is 5.80.